The van der Waals surface area contributed by atoms with Crippen LogP contribution in [0.15, 0.2) is 29.6 Å². The molecule has 0 radical (unpaired) electrons. The molecule has 1 aromatic carbocycles. The number of thiazole rings is 1. The highest BCUT2D eigenvalue weighted by Gasteiger charge is 2.10. The van der Waals surface area contributed by atoms with Gasteiger partial charge >= 0.3 is 0 Å². The van der Waals surface area contributed by atoms with Crippen LogP contribution in [0.1, 0.15) is 15.5 Å². The van der Waals surface area contributed by atoms with Crippen molar-refractivity contribution in [2.24, 2.45) is 5.73 Å². The van der Waals surface area contributed by atoms with Crippen LogP contribution in [-0.4, -0.2) is 31.2 Å². The van der Waals surface area contributed by atoms with E-state index in [1.165, 1.54) is 11.3 Å². The van der Waals surface area contributed by atoms with Gasteiger partial charge in [-0.1, -0.05) is 6.07 Å². The van der Waals surface area contributed by atoms with E-state index in [0.717, 1.165) is 5.01 Å². The topological polar surface area (TPSA) is 86.5 Å². The van der Waals surface area contributed by atoms with E-state index in [0.29, 0.717) is 36.9 Å². The molecule has 1 aromatic heterocycles. The molecule has 0 aliphatic rings. The fourth-order valence-corrected chi connectivity index (χ4v) is 2.27. The Hall–Kier alpha value is -1.67. The number of nitrogens with one attached hydrogen (secondary N) is 1. The van der Waals surface area contributed by atoms with Gasteiger partial charge < -0.3 is 20.5 Å². The van der Waals surface area contributed by atoms with E-state index in [4.69, 9.17) is 15.2 Å². The third-order valence-corrected chi connectivity index (χ3v) is 3.48. The van der Waals surface area contributed by atoms with Gasteiger partial charge in [-0.25, -0.2) is 4.98 Å². The van der Waals surface area contributed by atoms with E-state index in [1.807, 2.05) is 12.1 Å². The first kappa shape index (κ1) is 18.4. The van der Waals surface area contributed by atoms with Crippen LogP contribution in [0.3, 0.4) is 0 Å². The molecule has 0 saturated carbocycles. The molecular weight excluding hydrogens is 326 g/mol. The predicted octanol–water partition coefficient (Wildman–Crippen LogP) is 2.30. The Morgan fingerprint density at radius 1 is 1.41 bits per heavy atom. The quantitative estimate of drug-likeness (QED) is 0.753. The first-order chi connectivity index (χ1) is 10.2. The zero-order chi connectivity index (χ0) is 15.1. The maximum atomic E-state index is 12.0. The van der Waals surface area contributed by atoms with Crippen molar-refractivity contribution in [2.45, 2.75) is 6.54 Å². The number of nitrogens with zero attached hydrogens (tertiary/aromatic N) is 1. The number of benzene rings is 1. The van der Waals surface area contributed by atoms with Gasteiger partial charge in [-0.3, -0.25) is 4.79 Å². The summed E-state index contributed by atoms with van der Waals surface area (Å²) in [5.41, 5.74) is 6.50. The Morgan fingerprint density at radius 2 is 2.23 bits per heavy atom. The van der Waals surface area contributed by atoms with Crippen LogP contribution in [0.5, 0.6) is 5.75 Å². The summed E-state index contributed by atoms with van der Waals surface area (Å²) in [6, 6.07) is 7.17. The molecule has 0 fully saturated rings. The third-order valence-electron chi connectivity index (χ3n) is 2.61. The summed E-state index contributed by atoms with van der Waals surface area (Å²) >= 11 is 1.37. The van der Waals surface area contributed by atoms with Gasteiger partial charge in [0.25, 0.3) is 5.91 Å². The summed E-state index contributed by atoms with van der Waals surface area (Å²) < 4.78 is 10.4. The molecule has 1 heterocycles. The number of carbonyl (C=O) groups excluding carboxylic acids is 1. The number of aromatic nitrogens is 1. The molecule has 120 valence electrons. The number of halogens is 1. The molecule has 0 bridgehead atoms. The molecule has 0 aliphatic heterocycles. The number of carbonyl (C=O) groups is 1. The summed E-state index contributed by atoms with van der Waals surface area (Å²) in [6.45, 7) is 1.30. The molecule has 3 N–H and O–H groups in total. The normalized spacial score (nSPS) is 9.91. The zero-order valence-electron chi connectivity index (χ0n) is 12.1. The average molecular weight is 344 g/mol. The Balaban J connectivity index is 0.00000242. The third kappa shape index (κ3) is 5.27. The van der Waals surface area contributed by atoms with E-state index < -0.39 is 0 Å². The molecule has 0 spiro atoms. The van der Waals surface area contributed by atoms with Crippen molar-refractivity contribution in [2.75, 3.05) is 25.6 Å². The lowest BCUT2D eigenvalue weighted by molar-refractivity contribution is 0.102. The maximum absolute atomic E-state index is 12.0. The van der Waals surface area contributed by atoms with Crippen molar-refractivity contribution in [1.29, 1.82) is 0 Å². The van der Waals surface area contributed by atoms with Crippen LogP contribution in [0, 0.1) is 0 Å². The Morgan fingerprint density at radius 3 is 2.91 bits per heavy atom. The summed E-state index contributed by atoms with van der Waals surface area (Å²) in [4.78, 5) is 16.2. The van der Waals surface area contributed by atoms with Gasteiger partial charge in [-0.2, -0.15) is 0 Å². The first-order valence-electron chi connectivity index (χ1n) is 6.40. The standard InChI is InChI=1S/C14H17N3O3S.ClH/c1-19-5-6-20-11-4-2-3-10(7-11)16-14(18)12-9-21-13(8-15)17-12;/h2-4,7,9H,5-6,8,15H2,1H3,(H,16,18);1H. The van der Waals surface area contributed by atoms with E-state index in [9.17, 15) is 4.79 Å². The maximum Gasteiger partial charge on any atom is 0.275 e. The molecule has 1 amide bonds. The van der Waals surface area contributed by atoms with Crippen molar-refractivity contribution in [3.8, 4) is 5.75 Å². The van der Waals surface area contributed by atoms with Crippen molar-refractivity contribution in [3.63, 3.8) is 0 Å². The van der Waals surface area contributed by atoms with E-state index in [-0.39, 0.29) is 18.3 Å². The van der Waals surface area contributed by atoms with Crippen molar-refractivity contribution >= 4 is 35.3 Å². The number of anilines is 1. The molecule has 0 unspecified atom stereocenters. The van der Waals surface area contributed by atoms with E-state index >= 15 is 0 Å². The van der Waals surface area contributed by atoms with E-state index in [2.05, 4.69) is 10.3 Å². The van der Waals surface area contributed by atoms with E-state index in [1.54, 1.807) is 24.6 Å². The van der Waals surface area contributed by atoms with Gasteiger partial charge in [0.15, 0.2) is 0 Å². The zero-order valence-corrected chi connectivity index (χ0v) is 13.7. The lowest BCUT2D eigenvalue weighted by atomic mass is 10.3. The van der Waals surface area contributed by atoms with Crippen LogP contribution in [0.2, 0.25) is 0 Å². The fraction of sp³-hybridized carbons (Fsp3) is 0.286. The van der Waals surface area contributed by atoms with Crippen LogP contribution in [-0.2, 0) is 11.3 Å². The Labute approximate surface area is 139 Å². The predicted molar refractivity (Wildman–Crippen MR) is 89.0 cm³/mol. The molecule has 0 atom stereocenters. The number of nitrogens with two attached hydrogens (primary N) is 1. The van der Waals surface area contributed by atoms with Gasteiger partial charge in [0.1, 0.15) is 23.1 Å². The Bertz CT molecular complexity index is 607. The minimum Gasteiger partial charge on any atom is -0.491 e. The van der Waals surface area contributed by atoms with Gasteiger partial charge in [0.05, 0.1) is 6.61 Å². The lowest BCUT2D eigenvalue weighted by Gasteiger charge is -2.08. The van der Waals surface area contributed by atoms with Crippen molar-refractivity contribution in [3.05, 3.63) is 40.3 Å². The molecule has 2 aromatic rings. The highest BCUT2D eigenvalue weighted by atomic mass is 35.5. The molecule has 8 heteroatoms. The SMILES string of the molecule is COCCOc1cccc(NC(=O)c2csc(CN)n2)c1.Cl. The molecule has 22 heavy (non-hydrogen) atoms. The van der Waals surface area contributed by atoms with Crippen LogP contribution < -0.4 is 15.8 Å². The Kier molecular flexibility index (Phi) is 7.83. The lowest BCUT2D eigenvalue weighted by Crippen LogP contribution is -2.13. The summed E-state index contributed by atoms with van der Waals surface area (Å²) in [7, 11) is 1.61. The van der Waals surface area contributed by atoms with Crippen molar-refractivity contribution < 1.29 is 14.3 Å². The minimum absolute atomic E-state index is 0. The number of hydrogen-bond donors (Lipinski definition) is 2. The average Bonchev–Trinajstić information content (AvgIpc) is 2.97. The number of amides is 1. The highest BCUT2D eigenvalue weighted by molar-refractivity contribution is 7.09. The second-order valence-electron chi connectivity index (χ2n) is 4.15. The molecule has 6 nitrogen and oxygen atoms in total. The number of ether oxygens (including phenoxy) is 2. The second-order valence-corrected chi connectivity index (χ2v) is 5.10. The first-order valence-corrected chi connectivity index (χ1v) is 7.28. The minimum atomic E-state index is -0.264. The molecule has 0 saturated heterocycles. The van der Waals surface area contributed by atoms with Gasteiger partial charge in [0.2, 0.25) is 0 Å². The summed E-state index contributed by atoms with van der Waals surface area (Å²) in [6.07, 6.45) is 0. The summed E-state index contributed by atoms with van der Waals surface area (Å²) in [5.74, 6) is 0.408. The smallest absolute Gasteiger partial charge is 0.275 e. The van der Waals surface area contributed by atoms with Gasteiger partial charge in [0, 0.05) is 30.8 Å². The fourth-order valence-electron chi connectivity index (χ4n) is 1.61. The number of methoxy groups -OCH3 is 1. The van der Waals surface area contributed by atoms with Gasteiger partial charge in [-0.15, -0.1) is 23.7 Å². The molecule has 0 aliphatic carbocycles. The van der Waals surface area contributed by atoms with Crippen molar-refractivity contribution in [1.82, 2.24) is 4.98 Å². The van der Waals surface area contributed by atoms with Crippen LogP contribution in [0.25, 0.3) is 0 Å². The highest BCUT2D eigenvalue weighted by Crippen LogP contribution is 2.18. The largest absolute Gasteiger partial charge is 0.491 e. The van der Waals surface area contributed by atoms with Crippen LogP contribution >= 0.6 is 23.7 Å². The monoisotopic (exact) mass is 343 g/mol. The number of hydrogen-bond acceptors (Lipinski definition) is 6. The number of rotatable bonds is 7. The summed E-state index contributed by atoms with van der Waals surface area (Å²) in [5, 5.41) is 5.20. The molecule has 2 rings (SSSR count). The van der Waals surface area contributed by atoms with Gasteiger partial charge in [-0.05, 0) is 12.1 Å². The van der Waals surface area contributed by atoms with Crippen LogP contribution in [0.4, 0.5) is 5.69 Å². The second kappa shape index (κ2) is 9.37. The molecular formula is C14H18ClN3O3S.